The van der Waals surface area contributed by atoms with Crippen molar-refractivity contribution in [2.45, 2.75) is 84.8 Å². The van der Waals surface area contributed by atoms with Gasteiger partial charge in [0.2, 0.25) is 0 Å². The van der Waals surface area contributed by atoms with Crippen LogP contribution < -0.4 is 5.32 Å². The summed E-state index contributed by atoms with van der Waals surface area (Å²) in [4.78, 5) is 0. The fraction of sp³-hybridized carbons (Fsp3) is 1.00. The average molecular weight is 281 g/mol. The van der Waals surface area contributed by atoms with Crippen LogP contribution >= 0.6 is 0 Å². The third-order valence-electron chi connectivity index (χ3n) is 4.97. The van der Waals surface area contributed by atoms with Gasteiger partial charge in [-0.15, -0.1) is 0 Å². The monoisotopic (exact) mass is 281 g/mol. The van der Waals surface area contributed by atoms with Crippen molar-refractivity contribution in [3.05, 3.63) is 0 Å². The molecule has 1 N–H and O–H groups in total. The van der Waals surface area contributed by atoms with E-state index in [0.29, 0.717) is 11.5 Å². The molecule has 0 aromatic rings. The van der Waals surface area contributed by atoms with Crippen LogP contribution in [0.1, 0.15) is 72.6 Å². The van der Waals surface area contributed by atoms with Gasteiger partial charge >= 0.3 is 0 Å². The van der Waals surface area contributed by atoms with Crippen LogP contribution in [-0.4, -0.2) is 25.3 Å². The molecular formula is C18H35NO. The van der Waals surface area contributed by atoms with Crippen molar-refractivity contribution in [3.63, 3.8) is 0 Å². The van der Waals surface area contributed by atoms with Gasteiger partial charge < -0.3 is 10.1 Å². The second-order valence-electron chi connectivity index (χ2n) is 8.53. The molecule has 2 fully saturated rings. The number of hydrogen-bond donors (Lipinski definition) is 1. The van der Waals surface area contributed by atoms with Crippen molar-refractivity contribution < 1.29 is 4.74 Å². The van der Waals surface area contributed by atoms with Gasteiger partial charge in [-0.25, -0.2) is 0 Å². The molecule has 2 nitrogen and oxygen atoms in total. The Labute approximate surface area is 126 Å². The molecule has 2 saturated heterocycles. The predicted molar refractivity (Wildman–Crippen MR) is 86.0 cm³/mol. The SMILES string of the molecule is CC(CC1COC(CCC(C)(C)C)C1)CC1CCCN1. The zero-order valence-electron chi connectivity index (χ0n) is 14.1. The molecule has 118 valence electrons. The molecule has 0 saturated carbocycles. The number of hydrogen-bond acceptors (Lipinski definition) is 2. The van der Waals surface area contributed by atoms with Crippen LogP contribution in [0.15, 0.2) is 0 Å². The van der Waals surface area contributed by atoms with Crippen molar-refractivity contribution in [1.82, 2.24) is 5.32 Å². The summed E-state index contributed by atoms with van der Waals surface area (Å²) in [5, 5.41) is 3.63. The molecule has 4 atom stereocenters. The minimum absolute atomic E-state index is 0.447. The number of rotatable bonds is 6. The molecule has 4 unspecified atom stereocenters. The zero-order chi connectivity index (χ0) is 14.6. The van der Waals surface area contributed by atoms with E-state index in [1.165, 1.54) is 51.5 Å². The molecule has 2 heterocycles. The summed E-state index contributed by atoms with van der Waals surface area (Å²) >= 11 is 0. The lowest BCUT2D eigenvalue weighted by atomic mass is 9.86. The van der Waals surface area contributed by atoms with Crippen LogP contribution in [0.4, 0.5) is 0 Å². The van der Waals surface area contributed by atoms with Gasteiger partial charge in [-0.2, -0.15) is 0 Å². The van der Waals surface area contributed by atoms with E-state index < -0.39 is 0 Å². The highest BCUT2D eigenvalue weighted by molar-refractivity contribution is 4.80. The fourth-order valence-corrected chi connectivity index (χ4v) is 3.85. The van der Waals surface area contributed by atoms with Gasteiger partial charge in [0.25, 0.3) is 0 Å². The maximum atomic E-state index is 6.02. The summed E-state index contributed by atoms with van der Waals surface area (Å²) < 4.78 is 6.02. The van der Waals surface area contributed by atoms with Gasteiger partial charge in [-0.1, -0.05) is 27.7 Å². The first-order valence-corrected chi connectivity index (χ1v) is 8.77. The van der Waals surface area contributed by atoms with Crippen molar-refractivity contribution in [2.24, 2.45) is 17.3 Å². The largest absolute Gasteiger partial charge is 0.378 e. The summed E-state index contributed by atoms with van der Waals surface area (Å²) in [6.07, 6.45) is 9.87. The Morgan fingerprint density at radius 3 is 2.70 bits per heavy atom. The van der Waals surface area contributed by atoms with E-state index in [2.05, 4.69) is 33.0 Å². The van der Waals surface area contributed by atoms with E-state index in [4.69, 9.17) is 4.74 Å². The Bertz CT molecular complexity index is 278. The maximum Gasteiger partial charge on any atom is 0.0579 e. The normalized spacial score (nSPS) is 32.7. The standard InChI is InChI=1S/C18H35NO/c1-14(11-16-6-5-9-19-16)10-15-12-17(20-13-15)7-8-18(2,3)4/h14-17,19H,5-13H2,1-4H3. The van der Waals surface area contributed by atoms with Crippen molar-refractivity contribution >= 4 is 0 Å². The van der Waals surface area contributed by atoms with Crippen LogP contribution in [0.5, 0.6) is 0 Å². The van der Waals surface area contributed by atoms with Crippen molar-refractivity contribution in [2.75, 3.05) is 13.2 Å². The lowest BCUT2D eigenvalue weighted by molar-refractivity contribution is 0.0889. The van der Waals surface area contributed by atoms with E-state index in [1.54, 1.807) is 0 Å². The maximum absolute atomic E-state index is 6.02. The van der Waals surface area contributed by atoms with Gasteiger partial charge in [-0.05, 0) is 68.7 Å². The Hall–Kier alpha value is -0.0800. The highest BCUT2D eigenvalue weighted by Crippen LogP contribution is 2.32. The first-order chi connectivity index (χ1) is 9.42. The lowest BCUT2D eigenvalue weighted by Gasteiger charge is -2.21. The molecular weight excluding hydrogens is 246 g/mol. The Kier molecular flexibility index (Phi) is 5.92. The first-order valence-electron chi connectivity index (χ1n) is 8.77. The minimum Gasteiger partial charge on any atom is -0.378 e. The minimum atomic E-state index is 0.447. The third-order valence-corrected chi connectivity index (χ3v) is 4.97. The van der Waals surface area contributed by atoms with E-state index in [0.717, 1.165) is 24.5 Å². The van der Waals surface area contributed by atoms with E-state index >= 15 is 0 Å². The molecule has 0 spiro atoms. The molecule has 0 aliphatic carbocycles. The van der Waals surface area contributed by atoms with Crippen molar-refractivity contribution in [3.8, 4) is 0 Å². The van der Waals surface area contributed by atoms with Crippen LogP contribution in [0.25, 0.3) is 0 Å². The molecule has 2 aliphatic heterocycles. The summed E-state index contributed by atoms with van der Waals surface area (Å²) in [5.41, 5.74) is 0.447. The first kappa shape index (κ1) is 16.3. The highest BCUT2D eigenvalue weighted by Gasteiger charge is 2.28. The summed E-state index contributed by atoms with van der Waals surface area (Å²) in [7, 11) is 0. The van der Waals surface area contributed by atoms with Crippen molar-refractivity contribution in [1.29, 1.82) is 0 Å². The molecule has 0 aromatic carbocycles. The Morgan fingerprint density at radius 2 is 2.05 bits per heavy atom. The molecule has 0 bridgehead atoms. The Balaban J connectivity index is 1.62. The second-order valence-corrected chi connectivity index (χ2v) is 8.53. The summed E-state index contributed by atoms with van der Waals surface area (Å²) in [6, 6.07) is 0.795. The van der Waals surface area contributed by atoms with E-state index in [9.17, 15) is 0 Å². The number of ether oxygens (including phenoxy) is 1. The number of nitrogens with one attached hydrogen (secondary N) is 1. The van der Waals surface area contributed by atoms with Gasteiger partial charge in [0.1, 0.15) is 0 Å². The zero-order valence-corrected chi connectivity index (χ0v) is 14.1. The molecule has 0 amide bonds. The summed E-state index contributed by atoms with van der Waals surface area (Å²) in [6.45, 7) is 11.7. The molecule has 0 aromatic heterocycles. The third kappa shape index (κ3) is 5.73. The van der Waals surface area contributed by atoms with Gasteiger partial charge in [0.15, 0.2) is 0 Å². The lowest BCUT2D eigenvalue weighted by Crippen LogP contribution is -2.24. The fourth-order valence-electron chi connectivity index (χ4n) is 3.85. The molecule has 2 heteroatoms. The smallest absolute Gasteiger partial charge is 0.0579 e. The van der Waals surface area contributed by atoms with Crippen LogP contribution in [-0.2, 0) is 4.74 Å². The van der Waals surface area contributed by atoms with Gasteiger partial charge in [0.05, 0.1) is 6.10 Å². The predicted octanol–water partition coefficient (Wildman–Crippen LogP) is 4.39. The average Bonchev–Trinajstić information content (AvgIpc) is 2.97. The van der Waals surface area contributed by atoms with E-state index in [1.807, 2.05) is 0 Å². The van der Waals surface area contributed by atoms with Gasteiger partial charge in [0, 0.05) is 12.6 Å². The van der Waals surface area contributed by atoms with Crippen LogP contribution in [0, 0.1) is 17.3 Å². The second kappa shape index (κ2) is 7.26. The molecule has 0 radical (unpaired) electrons. The molecule has 20 heavy (non-hydrogen) atoms. The van der Waals surface area contributed by atoms with Crippen LogP contribution in [0.3, 0.4) is 0 Å². The highest BCUT2D eigenvalue weighted by atomic mass is 16.5. The molecule has 2 rings (SSSR count). The quantitative estimate of drug-likeness (QED) is 0.780. The summed E-state index contributed by atoms with van der Waals surface area (Å²) in [5.74, 6) is 1.66. The van der Waals surface area contributed by atoms with E-state index in [-0.39, 0.29) is 0 Å². The topological polar surface area (TPSA) is 21.3 Å². The van der Waals surface area contributed by atoms with Gasteiger partial charge in [-0.3, -0.25) is 0 Å². The molecule has 2 aliphatic rings. The van der Waals surface area contributed by atoms with Crippen LogP contribution in [0.2, 0.25) is 0 Å². The Morgan fingerprint density at radius 1 is 1.25 bits per heavy atom.